The Balaban J connectivity index is 1.62. The average Bonchev–Trinajstić information content (AvgIpc) is 3.34. The van der Waals surface area contributed by atoms with Crippen LogP contribution in [0.3, 0.4) is 0 Å². The number of benzene rings is 2. The van der Waals surface area contributed by atoms with Crippen LogP contribution in [0, 0.1) is 17.5 Å². The van der Waals surface area contributed by atoms with Crippen molar-refractivity contribution in [3.05, 3.63) is 71.7 Å². The number of aromatic nitrogens is 3. The molecule has 2 heterocycles. The molecule has 4 N–H and O–H groups in total. The first-order valence-electron chi connectivity index (χ1n) is 10.8. The van der Waals surface area contributed by atoms with E-state index < -0.39 is 65.7 Å². The van der Waals surface area contributed by atoms with Gasteiger partial charge in [0.2, 0.25) is 0 Å². The first kappa shape index (κ1) is 26.1. The summed E-state index contributed by atoms with van der Waals surface area (Å²) in [6, 6.07) is 9.13. The smallest absolute Gasteiger partial charge is 0.319 e. The van der Waals surface area contributed by atoms with Crippen molar-refractivity contribution in [2.45, 2.75) is 41.5 Å². The minimum absolute atomic E-state index is 0.0935. The van der Waals surface area contributed by atoms with Crippen molar-refractivity contribution in [3.63, 3.8) is 0 Å². The zero-order valence-corrected chi connectivity index (χ0v) is 19.3. The number of ether oxygens (including phenoxy) is 1. The molecule has 0 spiro atoms. The van der Waals surface area contributed by atoms with Crippen molar-refractivity contribution < 1.29 is 43.1 Å². The molecule has 36 heavy (non-hydrogen) atoms. The van der Waals surface area contributed by atoms with E-state index in [4.69, 9.17) is 4.74 Å². The fourth-order valence-electron chi connectivity index (χ4n) is 4.02. The van der Waals surface area contributed by atoms with Gasteiger partial charge in [-0.15, -0.1) is 16.9 Å². The fourth-order valence-corrected chi connectivity index (χ4v) is 5.14. The lowest BCUT2D eigenvalue weighted by atomic mass is 9.91. The number of nitrogens with zero attached hydrogens (tertiary/aromatic N) is 3. The molecule has 3 aromatic rings. The second kappa shape index (κ2) is 11.0. The molecule has 1 fully saturated rings. The molecule has 0 radical (unpaired) electrons. The van der Waals surface area contributed by atoms with Crippen molar-refractivity contribution in [2.75, 3.05) is 6.61 Å². The molecule has 6 atom stereocenters. The van der Waals surface area contributed by atoms with Gasteiger partial charge in [0.05, 0.1) is 12.8 Å². The summed E-state index contributed by atoms with van der Waals surface area (Å²) < 4.78 is 47.3. The maximum atomic E-state index is 13.7. The molecule has 0 amide bonds. The van der Waals surface area contributed by atoms with Gasteiger partial charge >= 0.3 is 5.97 Å². The van der Waals surface area contributed by atoms with Gasteiger partial charge in [0, 0.05) is 11.3 Å². The Bertz CT molecular complexity index is 1190. The zero-order valence-electron chi connectivity index (χ0n) is 18.5. The molecule has 192 valence electrons. The summed E-state index contributed by atoms with van der Waals surface area (Å²) in [6.07, 6.45) is -4.63. The number of carboxylic acid groups (broad SMARTS) is 1. The fraction of sp³-hybridized carbons (Fsp3) is 0.348. The Hall–Kier alpha value is -2.97. The second-order valence-electron chi connectivity index (χ2n) is 8.19. The van der Waals surface area contributed by atoms with E-state index in [0.29, 0.717) is 12.1 Å². The molecule has 4 rings (SSSR count). The lowest BCUT2D eigenvalue weighted by Gasteiger charge is -2.43. The van der Waals surface area contributed by atoms with E-state index in [2.05, 4.69) is 10.3 Å². The molecule has 2 unspecified atom stereocenters. The Morgan fingerprint density at radius 3 is 2.39 bits per heavy atom. The van der Waals surface area contributed by atoms with Gasteiger partial charge in [-0.05, 0) is 17.7 Å². The van der Waals surface area contributed by atoms with Crippen molar-refractivity contribution in [1.29, 1.82) is 0 Å². The van der Waals surface area contributed by atoms with Gasteiger partial charge in [-0.1, -0.05) is 35.5 Å². The van der Waals surface area contributed by atoms with Gasteiger partial charge in [0.25, 0.3) is 0 Å². The monoisotopic (exact) mass is 525 g/mol. The van der Waals surface area contributed by atoms with Gasteiger partial charge in [0.15, 0.2) is 17.5 Å². The number of aliphatic hydroxyl groups excluding tert-OH is 3. The maximum Gasteiger partial charge on any atom is 0.319 e. The van der Waals surface area contributed by atoms with Crippen LogP contribution in [0.1, 0.15) is 11.6 Å². The summed E-state index contributed by atoms with van der Waals surface area (Å²) in [7, 11) is 0. The minimum Gasteiger partial charge on any atom is -0.480 e. The number of hydrogen-bond acceptors (Lipinski definition) is 8. The van der Waals surface area contributed by atoms with E-state index in [1.54, 1.807) is 12.1 Å². The van der Waals surface area contributed by atoms with E-state index in [1.807, 2.05) is 18.2 Å². The summed E-state index contributed by atoms with van der Waals surface area (Å²) in [5.74, 6) is -5.51. The number of carbonyl (C=O) groups is 1. The van der Waals surface area contributed by atoms with Gasteiger partial charge in [0.1, 0.15) is 41.4 Å². The van der Waals surface area contributed by atoms with Crippen LogP contribution in [0.2, 0.25) is 0 Å². The maximum absolute atomic E-state index is 13.7. The third-order valence-electron chi connectivity index (χ3n) is 5.84. The summed E-state index contributed by atoms with van der Waals surface area (Å²) in [4.78, 5) is 12.1. The largest absolute Gasteiger partial charge is 0.480 e. The number of aliphatic hydroxyl groups is 3. The number of halogens is 3. The number of thioether (sulfide) groups is 1. The van der Waals surface area contributed by atoms with Gasteiger partial charge < -0.3 is 25.2 Å². The molecule has 1 aliphatic heterocycles. The molecule has 1 saturated heterocycles. The molecule has 1 aliphatic rings. The van der Waals surface area contributed by atoms with Gasteiger partial charge in [-0.25, -0.2) is 17.9 Å². The summed E-state index contributed by atoms with van der Waals surface area (Å²) in [5, 5.41) is 47.7. The van der Waals surface area contributed by atoms with Crippen LogP contribution in [0.4, 0.5) is 13.2 Å². The van der Waals surface area contributed by atoms with E-state index >= 15 is 0 Å². The standard InChI is InChI=1S/C23H22F3N3O6S/c24-13-6-12(7-14(25)17(13)26)15-8-29(28-27-15)18-19(31)16(9-30)35-21(20(18)32)22(23(33)34)36-10-11-4-2-1-3-5-11/h1-8,16,18-22,30-32H,9-10H2,(H,33,34)/t16?,18-,19-,20?,21+,22-/m0/s1. The van der Waals surface area contributed by atoms with E-state index in [1.165, 1.54) is 0 Å². The summed E-state index contributed by atoms with van der Waals surface area (Å²) in [6.45, 7) is -0.688. The van der Waals surface area contributed by atoms with E-state index in [-0.39, 0.29) is 17.0 Å². The van der Waals surface area contributed by atoms with E-state index in [0.717, 1.165) is 28.2 Å². The number of rotatable bonds is 8. The Labute approximate surface area is 207 Å². The molecule has 9 nitrogen and oxygen atoms in total. The molecule has 13 heteroatoms. The molecule has 1 aromatic heterocycles. The average molecular weight is 526 g/mol. The molecule has 0 saturated carbocycles. The third-order valence-corrected chi connectivity index (χ3v) is 7.17. The highest BCUT2D eigenvalue weighted by Crippen LogP contribution is 2.36. The normalized spacial score (nSPS) is 25.0. The molecule has 0 bridgehead atoms. The van der Waals surface area contributed by atoms with Crippen LogP contribution in [-0.2, 0) is 15.3 Å². The molecule has 0 aliphatic carbocycles. The lowest BCUT2D eigenvalue weighted by molar-refractivity contribution is -0.207. The zero-order chi connectivity index (χ0) is 26.0. The number of hydrogen-bond donors (Lipinski definition) is 4. The highest BCUT2D eigenvalue weighted by molar-refractivity contribution is 7.99. The number of carboxylic acids is 1. The topological polar surface area (TPSA) is 138 Å². The molecular formula is C23H22F3N3O6S. The summed E-state index contributed by atoms with van der Waals surface area (Å²) in [5.41, 5.74) is 0.601. The summed E-state index contributed by atoms with van der Waals surface area (Å²) >= 11 is 0.999. The van der Waals surface area contributed by atoms with Crippen molar-refractivity contribution in [3.8, 4) is 11.3 Å². The van der Waals surface area contributed by atoms with Crippen LogP contribution in [0.5, 0.6) is 0 Å². The lowest BCUT2D eigenvalue weighted by Crippen LogP contribution is -2.59. The highest BCUT2D eigenvalue weighted by atomic mass is 32.2. The van der Waals surface area contributed by atoms with Crippen molar-refractivity contribution in [2.24, 2.45) is 0 Å². The highest BCUT2D eigenvalue weighted by Gasteiger charge is 2.50. The predicted molar refractivity (Wildman–Crippen MR) is 121 cm³/mol. The van der Waals surface area contributed by atoms with Crippen LogP contribution in [-0.4, -0.2) is 77.7 Å². The van der Waals surface area contributed by atoms with Crippen LogP contribution < -0.4 is 0 Å². The first-order valence-corrected chi connectivity index (χ1v) is 11.8. The molecule has 2 aromatic carbocycles. The predicted octanol–water partition coefficient (Wildman–Crippen LogP) is 1.77. The van der Waals surface area contributed by atoms with Gasteiger partial charge in [-0.2, -0.15) is 0 Å². The van der Waals surface area contributed by atoms with Crippen LogP contribution in [0.25, 0.3) is 11.3 Å². The Morgan fingerprint density at radius 1 is 1.11 bits per heavy atom. The molecular weight excluding hydrogens is 503 g/mol. The minimum atomic E-state index is -1.65. The van der Waals surface area contributed by atoms with Crippen LogP contribution in [0.15, 0.2) is 48.7 Å². The van der Waals surface area contributed by atoms with E-state index in [9.17, 15) is 38.4 Å². The SMILES string of the molecule is O=C(O)[C@@H](SCc1ccccc1)[C@@H]1OC(CO)[C@H](O)[C@H](n2cc(-c3cc(F)c(F)c(F)c3)nn2)C1O. The third kappa shape index (κ3) is 5.25. The van der Waals surface area contributed by atoms with Crippen molar-refractivity contribution in [1.82, 2.24) is 15.0 Å². The van der Waals surface area contributed by atoms with Crippen LogP contribution >= 0.6 is 11.8 Å². The second-order valence-corrected chi connectivity index (χ2v) is 9.32. The quantitative estimate of drug-likeness (QED) is 0.324. The van der Waals surface area contributed by atoms with Crippen molar-refractivity contribution >= 4 is 17.7 Å². The first-order chi connectivity index (χ1) is 17.2. The Kier molecular flexibility index (Phi) is 7.95. The Morgan fingerprint density at radius 2 is 1.78 bits per heavy atom. The number of aliphatic carboxylic acids is 1. The van der Waals surface area contributed by atoms with Gasteiger partial charge in [-0.3, -0.25) is 4.79 Å².